The Balaban J connectivity index is 1.52. The van der Waals surface area contributed by atoms with Gasteiger partial charge in [-0.1, -0.05) is 12.1 Å². The predicted octanol–water partition coefficient (Wildman–Crippen LogP) is 4.56. The van der Waals surface area contributed by atoms with Crippen LogP contribution in [0, 0.1) is 6.92 Å². The van der Waals surface area contributed by atoms with Crippen molar-refractivity contribution in [3.63, 3.8) is 0 Å². The van der Waals surface area contributed by atoms with Gasteiger partial charge >= 0.3 is 0 Å². The molecule has 1 atom stereocenters. The van der Waals surface area contributed by atoms with Crippen molar-refractivity contribution >= 4 is 17.3 Å². The number of pyridine rings is 2. The first-order chi connectivity index (χ1) is 14.6. The number of carbonyl (C=O) groups is 1. The minimum Gasteiger partial charge on any atom is -0.497 e. The number of aryl methyl sites for hydroxylation is 1. The Labute approximate surface area is 176 Å². The molecule has 4 rings (SSSR count). The summed E-state index contributed by atoms with van der Waals surface area (Å²) < 4.78 is 5.31. The number of anilines is 2. The van der Waals surface area contributed by atoms with Crippen molar-refractivity contribution in [2.24, 2.45) is 0 Å². The van der Waals surface area contributed by atoms with Gasteiger partial charge in [-0.25, -0.2) is 0 Å². The third-order valence-electron chi connectivity index (χ3n) is 5.34. The van der Waals surface area contributed by atoms with Crippen LogP contribution in [0.4, 0.5) is 11.4 Å². The zero-order chi connectivity index (χ0) is 20.9. The summed E-state index contributed by atoms with van der Waals surface area (Å²) in [7, 11) is 1.66. The third kappa shape index (κ3) is 4.59. The molecule has 1 aliphatic rings. The highest BCUT2D eigenvalue weighted by atomic mass is 16.5. The highest BCUT2D eigenvalue weighted by Crippen LogP contribution is 2.30. The molecule has 0 radical (unpaired) electrons. The molecule has 2 aromatic heterocycles. The number of nitrogens with one attached hydrogen (secondary N) is 1. The number of carbonyl (C=O) groups excluding carboxylic acids is 1. The average Bonchev–Trinajstić information content (AvgIpc) is 2.79. The molecule has 6 nitrogen and oxygen atoms in total. The molecular formula is C24H26N4O2. The van der Waals surface area contributed by atoms with E-state index in [0.29, 0.717) is 12.2 Å². The molecule has 1 N–H and O–H groups in total. The largest absolute Gasteiger partial charge is 0.497 e. The van der Waals surface area contributed by atoms with Crippen molar-refractivity contribution in [3.8, 4) is 5.75 Å². The van der Waals surface area contributed by atoms with E-state index in [-0.39, 0.29) is 11.8 Å². The van der Waals surface area contributed by atoms with Crippen molar-refractivity contribution in [2.45, 2.75) is 25.7 Å². The van der Waals surface area contributed by atoms with Gasteiger partial charge in [0.25, 0.3) is 5.91 Å². The Bertz CT molecular complexity index is 1020. The second-order valence-corrected chi connectivity index (χ2v) is 7.58. The van der Waals surface area contributed by atoms with Gasteiger partial charge in [-0.05, 0) is 56.2 Å². The van der Waals surface area contributed by atoms with Gasteiger partial charge in [0.05, 0.1) is 7.11 Å². The predicted molar refractivity (Wildman–Crippen MR) is 117 cm³/mol. The number of amides is 1. The maximum Gasteiger partial charge on any atom is 0.272 e. The second kappa shape index (κ2) is 8.95. The lowest BCUT2D eigenvalue weighted by Gasteiger charge is -2.32. The first-order valence-corrected chi connectivity index (χ1v) is 10.2. The number of aromatic nitrogens is 2. The quantitative estimate of drug-likeness (QED) is 0.678. The van der Waals surface area contributed by atoms with Crippen molar-refractivity contribution < 1.29 is 9.53 Å². The van der Waals surface area contributed by atoms with E-state index in [1.54, 1.807) is 19.4 Å². The minimum absolute atomic E-state index is 0.0114. The van der Waals surface area contributed by atoms with Crippen molar-refractivity contribution in [3.05, 3.63) is 77.9 Å². The topological polar surface area (TPSA) is 67.3 Å². The van der Waals surface area contributed by atoms with Crippen molar-refractivity contribution in [2.75, 3.05) is 25.5 Å². The summed E-state index contributed by atoms with van der Waals surface area (Å²) in [6.07, 6.45) is 3.63. The van der Waals surface area contributed by atoms with Crippen LogP contribution in [0.15, 0.2) is 60.8 Å². The van der Waals surface area contributed by atoms with Gasteiger partial charge in [0, 0.05) is 54.0 Å². The summed E-state index contributed by atoms with van der Waals surface area (Å²) in [5, 5.41) is 3.45. The lowest BCUT2D eigenvalue weighted by Crippen LogP contribution is -2.39. The number of hydrogen-bond acceptors (Lipinski definition) is 5. The van der Waals surface area contributed by atoms with Gasteiger partial charge in [0.1, 0.15) is 11.4 Å². The zero-order valence-corrected chi connectivity index (χ0v) is 17.3. The molecule has 3 aromatic rings. The van der Waals surface area contributed by atoms with Gasteiger partial charge in [-0.3, -0.25) is 14.8 Å². The molecule has 6 heteroatoms. The molecule has 0 saturated carbocycles. The van der Waals surface area contributed by atoms with Crippen LogP contribution in [-0.2, 0) is 0 Å². The molecular weight excluding hydrogens is 376 g/mol. The van der Waals surface area contributed by atoms with E-state index in [2.05, 4.69) is 16.4 Å². The van der Waals surface area contributed by atoms with Gasteiger partial charge in [-0.2, -0.15) is 0 Å². The van der Waals surface area contributed by atoms with Gasteiger partial charge in [0.15, 0.2) is 0 Å². The molecule has 1 saturated heterocycles. The Morgan fingerprint density at radius 3 is 2.83 bits per heavy atom. The third-order valence-corrected chi connectivity index (χ3v) is 5.34. The summed E-state index contributed by atoms with van der Waals surface area (Å²) in [6.45, 7) is 3.41. The van der Waals surface area contributed by atoms with E-state index < -0.39 is 0 Å². The first kappa shape index (κ1) is 19.9. The van der Waals surface area contributed by atoms with Gasteiger partial charge in [-0.15, -0.1) is 0 Å². The number of methoxy groups -OCH3 is 1. The molecule has 0 bridgehead atoms. The number of hydrogen-bond donors (Lipinski definition) is 1. The molecule has 1 fully saturated rings. The van der Waals surface area contributed by atoms with E-state index in [9.17, 15) is 4.79 Å². The van der Waals surface area contributed by atoms with Crippen LogP contribution in [-0.4, -0.2) is 41.0 Å². The van der Waals surface area contributed by atoms with Crippen LogP contribution in [0.5, 0.6) is 5.75 Å². The second-order valence-electron chi connectivity index (χ2n) is 7.58. The standard InChI is InChI=1S/C24H26N4O2/c1-17-13-20(27-19-8-5-9-21(14-19)30-2)15-23(26-17)18-7-6-12-28(16-18)24(29)22-10-3-4-11-25-22/h3-5,8-11,13-15,18H,6-7,12,16H2,1-2H3,(H,26,27)/t18-/m0/s1. The lowest BCUT2D eigenvalue weighted by molar-refractivity contribution is 0.0700. The molecule has 154 valence electrons. The summed E-state index contributed by atoms with van der Waals surface area (Å²) in [4.78, 5) is 23.7. The molecule has 1 aromatic carbocycles. The Morgan fingerprint density at radius 1 is 1.13 bits per heavy atom. The number of ether oxygens (including phenoxy) is 1. The Kier molecular flexibility index (Phi) is 5.93. The summed E-state index contributed by atoms with van der Waals surface area (Å²) >= 11 is 0. The van der Waals surface area contributed by atoms with E-state index >= 15 is 0 Å². The first-order valence-electron chi connectivity index (χ1n) is 10.2. The van der Waals surface area contributed by atoms with Crippen LogP contribution in [0.1, 0.15) is 40.6 Å². The number of likely N-dealkylation sites (tertiary alicyclic amines) is 1. The lowest BCUT2D eigenvalue weighted by atomic mass is 9.93. The highest BCUT2D eigenvalue weighted by molar-refractivity contribution is 5.92. The Hall–Kier alpha value is -3.41. The fourth-order valence-corrected chi connectivity index (χ4v) is 3.90. The Morgan fingerprint density at radius 2 is 2.03 bits per heavy atom. The van der Waals surface area contributed by atoms with Crippen molar-refractivity contribution in [1.29, 1.82) is 0 Å². The van der Waals surface area contributed by atoms with Crippen LogP contribution < -0.4 is 10.1 Å². The molecule has 1 aliphatic heterocycles. The normalized spacial score (nSPS) is 16.2. The smallest absolute Gasteiger partial charge is 0.272 e. The average molecular weight is 402 g/mol. The summed E-state index contributed by atoms with van der Waals surface area (Å²) in [5.41, 5.74) is 4.40. The number of benzene rings is 1. The maximum atomic E-state index is 12.8. The minimum atomic E-state index is -0.0114. The number of rotatable bonds is 5. The molecule has 1 amide bonds. The monoisotopic (exact) mass is 402 g/mol. The van der Waals surface area contributed by atoms with Gasteiger partial charge in [0.2, 0.25) is 0 Å². The van der Waals surface area contributed by atoms with Gasteiger partial charge < -0.3 is 15.0 Å². The SMILES string of the molecule is COc1cccc(Nc2cc(C)nc([C@H]3CCCN(C(=O)c4ccccn4)C3)c2)c1. The van der Waals surface area contributed by atoms with Crippen LogP contribution in [0.25, 0.3) is 0 Å². The number of nitrogens with zero attached hydrogens (tertiary/aromatic N) is 3. The van der Waals surface area contributed by atoms with Crippen LogP contribution >= 0.6 is 0 Å². The highest BCUT2D eigenvalue weighted by Gasteiger charge is 2.27. The van der Waals surface area contributed by atoms with E-state index in [0.717, 1.165) is 47.9 Å². The van der Waals surface area contributed by atoms with Crippen molar-refractivity contribution in [1.82, 2.24) is 14.9 Å². The van der Waals surface area contributed by atoms with Crippen LogP contribution in [0.2, 0.25) is 0 Å². The molecule has 0 spiro atoms. The maximum absolute atomic E-state index is 12.8. The zero-order valence-electron chi connectivity index (χ0n) is 17.3. The fourth-order valence-electron chi connectivity index (χ4n) is 3.90. The van der Waals surface area contributed by atoms with Crippen LogP contribution in [0.3, 0.4) is 0 Å². The van der Waals surface area contributed by atoms with E-state index in [1.165, 1.54) is 0 Å². The number of piperidine rings is 1. The van der Waals surface area contributed by atoms with E-state index in [1.807, 2.05) is 54.3 Å². The van der Waals surface area contributed by atoms with E-state index in [4.69, 9.17) is 9.72 Å². The molecule has 0 aliphatic carbocycles. The fraction of sp³-hybridized carbons (Fsp3) is 0.292. The summed E-state index contributed by atoms with van der Waals surface area (Å²) in [5.74, 6) is 1.00. The molecule has 30 heavy (non-hydrogen) atoms. The summed E-state index contributed by atoms with van der Waals surface area (Å²) in [6, 6.07) is 17.4. The molecule has 3 heterocycles. The molecule has 0 unspecified atom stereocenters.